The lowest BCUT2D eigenvalue weighted by molar-refractivity contribution is 0.343. The number of rotatable bonds is 9. The average Bonchev–Trinajstić information content (AvgIpc) is 2.38. The van der Waals surface area contributed by atoms with Gasteiger partial charge in [0.05, 0.1) is 0 Å². The molecule has 0 aliphatic rings. The van der Waals surface area contributed by atoms with Gasteiger partial charge in [-0.15, -0.1) is 0 Å². The SMILES string of the molecule is C=C(C)/C=C\C(=C)N(C)CCN(C)C(=C)/C=C\C(=C)C. The minimum atomic E-state index is 0.885. The third kappa shape index (κ3) is 8.20. The summed E-state index contributed by atoms with van der Waals surface area (Å²) in [5.74, 6) is 0. The van der Waals surface area contributed by atoms with Crippen LogP contribution in [0.25, 0.3) is 0 Å². The molecule has 0 aromatic heterocycles. The van der Waals surface area contributed by atoms with Gasteiger partial charge >= 0.3 is 0 Å². The maximum atomic E-state index is 4.04. The Hall–Kier alpha value is -1.96. The van der Waals surface area contributed by atoms with Gasteiger partial charge in [0.15, 0.2) is 0 Å². The Bertz CT molecular complexity index is 396. The molecule has 0 fully saturated rings. The molecule has 0 aliphatic carbocycles. The second-order valence-corrected chi connectivity index (χ2v) is 5.19. The highest BCUT2D eigenvalue weighted by molar-refractivity contribution is 5.23. The predicted octanol–water partition coefficient (Wildman–Crippen LogP) is 4.14. The fourth-order valence-corrected chi connectivity index (χ4v) is 1.32. The summed E-state index contributed by atoms with van der Waals surface area (Å²) in [4.78, 5) is 4.23. The maximum Gasteiger partial charge on any atom is 0.0350 e. The number of hydrogen-bond acceptors (Lipinski definition) is 2. The fourth-order valence-electron chi connectivity index (χ4n) is 1.32. The Labute approximate surface area is 124 Å². The minimum Gasteiger partial charge on any atom is -0.373 e. The molecule has 0 aromatic carbocycles. The van der Waals surface area contributed by atoms with Gasteiger partial charge in [-0.05, 0) is 26.0 Å². The van der Waals surface area contributed by atoms with Crippen molar-refractivity contribution in [3.05, 3.63) is 73.2 Å². The Kier molecular flexibility index (Phi) is 8.14. The van der Waals surface area contributed by atoms with E-state index in [-0.39, 0.29) is 0 Å². The third-order valence-electron chi connectivity index (χ3n) is 2.87. The van der Waals surface area contributed by atoms with Crippen LogP contribution in [0.5, 0.6) is 0 Å². The molecular formula is C18H28N2. The second kappa shape index (κ2) is 9.03. The van der Waals surface area contributed by atoms with Crippen LogP contribution in [0.3, 0.4) is 0 Å². The zero-order valence-corrected chi connectivity index (χ0v) is 13.4. The molecule has 0 aromatic rings. The Morgan fingerprint density at radius 1 is 0.700 bits per heavy atom. The van der Waals surface area contributed by atoms with Gasteiger partial charge in [-0.3, -0.25) is 0 Å². The average molecular weight is 272 g/mol. The van der Waals surface area contributed by atoms with E-state index >= 15 is 0 Å². The molecule has 20 heavy (non-hydrogen) atoms. The normalized spacial score (nSPS) is 10.8. The van der Waals surface area contributed by atoms with E-state index in [2.05, 4.69) is 36.1 Å². The van der Waals surface area contributed by atoms with Gasteiger partial charge in [0.25, 0.3) is 0 Å². The van der Waals surface area contributed by atoms with Crippen molar-refractivity contribution in [2.75, 3.05) is 27.2 Å². The molecule has 0 N–H and O–H groups in total. The first kappa shape index (κ1) is 18.0. The van der Waals surface area contributed by atoms with Crippen molar-refractivity contribution >= 4 is 0 Å². The second-order valence-electron chi connectivity index (χ2n) is 5.19. The molecule has 0 radical (unpaired) electrons. The topological polar surface area (TPSA) is 6.48 Å². The molecule has 110 valence electrons. The summed E-state index contributed by atoms with van der Waals surface area (Å²) in [6.07, 6.45) is 7.91. The van der Waals surface area contributed by atoms with E-state index < -0.39 is 0 Å². The van der Waals surface area contributed by atoms with E-state index in [0.717, 1.165) is 35.6 Å². The molecule has 0 saturated heterocycles. The summed E-state index contributed by atoms with van der Waals surface area (Å²) in [6.45, 7) is 21.5. The Morgan fingerprint density at radius 3 is 1.25 bits per heavy atom. The highest BCUT2D eigenvalue weighted by Crippen LogP contribution is 2.06. The van der Waals surface area contributed by atoms with Crippen LogP contribution in [0, 0.1) is 0 Å². The molecule has 0 atom stereocenters. The summed E-state index contributed by atoms with van der Waals surface area (Å²) >= 11 is 0. The number of likely N-dealkylation sites (N-methyl/N-ethyl adjacent to an activating group) is 2. The molecule has 0 heterocycles. The van der Waals surface area contributed by atoms with Crippen LogP contribution >= 0.6 is 0 Å². The van der Waals surface area contributed by atoms with Crippen LogP contribution in [0.1, 0.15) is 13.8 Å². The van der Waals surface area contributed by atoms with Crippen LogP contribution < -0.4 is 0 Å². The first-order valence-corrected chi connectivity index (χ1v) is 6.71. The van der Waals surface area contributed by atoms with Crippen molar-refractivity contribution in [1.29, 1.82) is 0 Å². The third-order valence-corrected chi connectivity index (χ3v) is 2.87. The molecule has 0 spiro atoms. The van der Waals surface area contributed by atoms with E-state index in [4.69, 9.17) is 0 Å². The van der Waals surface area contributed by atoms with E-state index in [1.807, 2.05) is 52.2 Å². The molecule has 2 nitrogen and oxygen atoms in total. The number of nitrogens with zero attached hydrogens (tertiary/aromatic N) is 2. The summed E-state index contributed by atoms with van der Waals surface area (Å²) in [5, 5.41) is 0. The zero-order valence-electron chi connectivity index (χ0n) is 13.4. The Morgan fingerprint density at radius 2 is 1.00 bits per heavy atom. The summed E-state index contributed by atoms with van der Waals surface area (Å²) < 4.78 is 0. The van der Waals surface area contributed by atoms with Gasteiger partial charge in [-0.25, -0.2) is 0 Å². The summed E-state index contributed by atoms with van der Waals surface area (Å²) in [6, 6.07) is 0. The quantitative estimate of drug-likeness (QED) is 0.582. The van der Waals surface area contributed by atoms with Gasteiger partial charge in [-0.1, -0.05) is 49.6 Å². The van der Waals surface area contributed by atoms with E-state index in [0.29, 0.717) is 0 Å². The molecule has 0 saturated carbocycles. The highest BCUT2D eigenvalue weighted by atomic mass is 15.2. The number of allylic oxidation sites excluding steroid dienone is 6. The zero-order chi connectivity index (χ0) is 15.7. The van der Waals surface area contributed by atoms with Crippen molar-refractivity contribution in [3.8, 4) is 0 Å². The van der Waals surface area contributed by atoms with Crippen molar-refractivity contribution in [3.63, 3.8) is 0 Å². The molecule has 0 aliphatic heterocycles. The van der Waals surface area contributed by atoms with Crippen molar-refractivity contribution in [1.82, 2.24) is 9.80 Å². The summed E-state index contributed by atoms with van der Waals surface area (Å²) in [5.41, 5.74) is 4.00. The molecule has 0 rings (SSSR count). The molecule has 2 heteroatoms. The van der Waals surface area contributed by atoms with E-state index in [1.54, 1.807) is 0 Å². The maximum absolute atomic E-state index is 4.04. The van der Waals surface area contributed by atoms with Gasteiger partial charge < -0.3 is 9.80 Å². The lowest BCUT2D eigenvalue weighted by Gasteiger charge is -2.25. The van der Waals surface area contributed by atoms with Gasteiger partial charge in [0.2, 0.25) is 0 Å². The molecule has 0 unspecified atom stereocenters. The highest BCUT2D eigenvalue weighted by Gasteiger charge is 2.02. The fraction of sp³-hybridized carbons (Fsp3) is 0.333. The van der Waals surface area contributed by atoms with Crippen LogP contribution in [-0.2, 0) is 0 Å². The first-order valence-electron chi connectivity index (χ1n) is 6.71. The standard InChI is InChI=1S/C18H28N2/c1-15(2)9-11-17(5)19(7)13-14-20(8)18(6)12-10-16(3)4/h9-12H,1,3,5-6,13-14H2,2,4,7-8H3/b11-9-,12-10-. The molecule has 0 amide bonds. The van der Waals surface area contributed by atoms with Gasteiger partial charge in [0.1, 0.15) is 0 Å². The van der Waals surface area contributed by atoms with Gasteiger partial charge in [0, 0.05) is 38.6 Å². The van der Waals surface area contributed by atoms with E-state index in [9.17, 15) is 0 Å². The van der Waals surface area contributed by atoms with Crippen molar-refractivity contribution < 1.29 is 0 Å². The monoisotopic (exact) mass is 272 g/mol. The summed E-state index contributed by atoms with van der Waals surface area (Å²) in [7, 11) is 4.07. The first-order chi connectivity index (χ1) is 9.23. The molecule has 0 bridgehead atoms. The molecular weight excluding hydrogens is 244 g/mol. The van der Waals surface area contributed by atoms with Crippen LogP contribution in [0.15, 0.2) is 73.2 Å². The van der Waals surface area contributed by atoms with Gasteiger partial charge in [-0.2, -0.15) is 0 Å². The van der Waals surface area contributed by atoms with Crippen molar-refractivity contribution in [2.24, 2.45) is 0 Å². The van der Waals surface area contributed by atoms with E-state index in [1.165, 1.54) is 0 Å². The lowest BCUT2D eigenvalue weighted by atomic mass is 10.2. The Balaban J connectivity index is 4.27. The van der Waals surface area contributed by atoms with Crippen LogP contribution in [0.4, 0.5) is 0 Å². The van der Waals surface area contributed by atoms with Crippen LogP contribution in [0.2, 0.25) is 0 Å². The number of hydrogen-bond donors (Lipinski definition) is 0. The largest absolute Gasteiger partial charge is 0.373 e. The smallest absolute Gasteiger partial charge is 0.0350 e. The van der Waals surface area contributed by atoms with Crippen LogP contribution in [-0.4, -0.2) is 37.0 Å². The minimum absolute atomic E-state index is 0.885. The predicted molar refractivity (Wildman–Crippen MR) is 91.4 cm³/mol. The lowest BCUT2D eigenvalue weighted by Crippen LogP contribution is -2.28. The van der Waals surface area contributed by atoms with Crippen molar-refractivity contribution in [2.45, 2.75) is 13.8 Å².